The molecule has 4 nitrogen and oxygen atoms in total. The zero-order valence-electron chi connectivity index (χ0n) is 20.5. The number of nitrogens with one attached hydrogen (secondary N) is 1. The van der Waals surface area contributed by atoms with E-state index in [-0.39, 0.29) is 29.9 Å². The van der Waals surface area contributed by atoms with E-state index >= 15 is 0 Å². The molecule has 2 amide bonds. The van der Waals surface area contributed by atoms with Gasteiger partial charge in [-0.25, -0.2) is 4.39 Å². The average molecular weight is 493 g/mol. The molecule has 0 radical (unpaired) electrons. The predicted octanol–water partition coefficient (Wildman–Crippen LogP) is 5.61. The highest BCUT2D eigenvalue weighted by atomic mass is 32.2. The van der Waals surface area contributed by atoms with E-state index in [1.165, 1.54) is 23.9 Å². The lowest BCUT2D eigenvalue weighted by molar-refractivity contribution is -0.140. The van der Waals surface area contributed by atoms with E-state index < -0.39 is 11.6 Å². The van der Waals surface area contributed by atoms with Gasteiger partial charge >= 0.3 is 0 Å². The molecule has 0 saturated heterocycles. The number of nitrogens with zero attached hydrogens (tertiary/aromatic N) is 1. The molecule has 3 aromatic rings. The molecule has 6 heteroatoms. The molecule has 35 heavy (non-hydrogen) atoms. The van der Waals surface area contributed by atoms with Crippen LogP contribution >= 0.6 is 11.8 Å². The summed E-state index contributed by atoms with van der Waals surface area (Å²) in [5, 5.41) is 3.05. The molecule has 3 rings (SSSR count). The second-order valence-corrected chi connectivity index (χ2v) is 10.6. The van der Waals surface area contributed by atoms with Crippen molar-refractivity contribution in [1.82, 2.24) is 10.2 Å². The van der Waals surface area contributed by atoms with E-state index in [0.717, 1.165) is 16.7 Å². The predicted molar refractivity (Wildman–Crippen MR) is 141 cm³/mol. The summed E-state index contributed by atoms with van der Waals surface area (Å²) in [7, 11) is 0. The van der Waals surface area contributed by atoms with Gasteiger partial charge in [0.25, 0.3) is 0 Å². The summed E-state index contributed by atoms with van der Waals surface area (Å²) >= 11 is 1.52. The van der Waals surface area contributed by atoms with Crippen LogP contribution in [0.5, 0.6) is 0 Å². The van der Waals surface area contributed by atoms with Crippen molar-refractivity contribution in [3.63, 3.8) is 0 Å². The Morgan fingerprint density at radius 3 is 2.00 bits per heavy atom. The summed E-state index contributed by atoms with van der Waals surface area (Å²) in [6.07, 6.45) is 0.388. The Labute approximate surface area is 211 Å². The minimum absolute atomic E-state index is 0.125. The summed E-state index contributed by atoms with van der Waals surface area (Å²) in [4.78, 5) is 28.7. The lowest BCUT2D eigenvalue weighted by Gasteiger charge is -2.34. The van der Waals surface area contributed by atoms with Crippen molar-refractivity contribution in [2.45, 2.75) is 51.1 Å². The van der Waals surface area contributed by atoms with Crippen molar-refractivity contribution >= 4 is 23.6 Å². The molecule has 0 saturated carbocycles. The van der Waals surface area contributed by atoms with Crippen LogP contribution in [0.2, 0.25) is 0 Å². The quantitative estimate of drug-likeness (QED) is 0.400. The fourth-order valence-electron chi connectivity index (χ4n) is 3.71. The van der Waals surface area contributed by atoms with Crippen LogP contribution in [0.1, 0.15) is 37.5 Å². The Morgan fingerprint density at radius 1 is 0.857 bits per heavy atom. The number of thioether (sulfide) groups is 1. The molecule has 0 aromatic heterocycles. The second-order valence-electron chi connectivity index (χ2n) is 9.57. The topological polar surface area (TPSA) is 49.4 Å². The molecular formula is C29H33FN2O2S. The lowest BCUT2D eigenvalue weighted by Crippen LogP contribution is -2.54. The number of hydrogen-bond donors (Lipinski definition) is 1. The van der Waals surface area contributed by atoms with Crippen molar-refractivity contribution in [1.29, 1.82) is 0 Å². The van der Waals surface area contributed by atoms with E-state index in [1.54, 1.807) is 17.0 Å². The number of rotatable bonds is 10. The van der Waals surface area contributed by atoms with Crippen LogP contribution < -0.4 is 5.32 Å². The van der Waals surface area contributed by atoms with Gasteiger partial charge in [-0.3, -0.25) is 9.59 Å². The standard InChI is InChI=1S/C29H33FN2O2S/c1-29(2,3)31-28(34)26(18-22-10-6-4-7-11-22)32(19-23-14-16-25(30)17-15-23)27(33)21-35-20-24-12-8-5-9-13-24/h4-17,26H,18-21H2,1-3H3,(H,31,34)/t26-/m0/s1. The normalized spacial score (nSPS) is 12.1. The Bertz CT molecular complexity index is 1080. The average Bonchev–Trinajstić information content (AvgIpc) is 2.82. The van der Waals surface area contributed by atoms with Gasteiger partial charge in [0.05, 0.1) is 5.75 Å². The molecule has 0 aliphatic rings. The molecule has 184 valence electrons. The van der Waals surface area contributed by atoms with E-state index in [4.69, 9.17) is 0 Å². The van der Waals surface area contributed by atoms with Gasteiger partial charge in [0.15, 0.2) is 0 Å². The third-order valence-corrected chi connectivity index (χ3v) is 6.36. The van der Waals surface area contributed by atoms with Crippen LogP contribution in [0.15, 0.2) is 84.9 Å². The summed E-state index contributed by atoms with van der Waals surface area (Å²) in [6.45, 7) is 5.99. The highest BCUT2D eigenvalue weighted by Gasteiger charge is 2.32. The number of amides is 2. The van der Waals surface area contributed by atoms with E-state index in [1.807, 2.05) is 81.4 Å². The molecule has 0 bridgehead atoms. The Kier molecular flexibility index (Phi) is 9.49. The van der Waals surface area contributed by atoms with Gasteiger partial charge in [-0.2, -0.15) is 0 Å². The molecule has 0 aliphatic heterocycles. The van der Waals surface area contributed by atoms with Gasteiger partial charge in [0.1, 0.15) is 11.9 Å². The van der Waals surface area contributed by atoms with Gasteiger partial charge in [0.2, 0.25) is 11.8 Å². The van der Waals surface area contributed by atoms with Crippen LogP contribution in [-0.2, 0) is 28.3 Å². The molecule has 0 fully saturated rings. The fraction of sp³-hybridized carbons (Fsp3) is 0.310. The maximum Gasteiger partial charge on any atom is 0.243 e. The molecular weight excluding hydrogens is 459 g/mol. The SMILES string of the molecule is CC(C)(C)NC(=O)[C@H](Cc1ccccc1)N(Cc1ccc(F)cc1)C(=O)CSCc1ccccc1. The summed E-state index contributed by atoms with van der Waals surface area (Å²) in [5.41, 5.74) is 2.44. The molecule has 0 unspecified atom stereocenters. The fourth-order valence-corrected chi connectivity index (χ4v) is 4.58. The van der Waals surface area contributed by atoms with E-state index in [2.05, 4.69) is 5.32 Å². The first-order valence-corrected chi connectivity index (χ1v) is 12.9. The third-order valence-electron chi connectivity index (χ3n) is 5.37. The number of carbonyl (C=O) groups excluding carboxylic acids is 2. The van der Waals surface area contributed by atoms with Crippen molar-refractivity contribution < 1.29 is 14.0 Å². The van der Waals surface area contributed by atoms with Crippen LogP contribution in [0.25, 0.3) is 0 Å². The smallest absolute Gasteiger partial charge is 0.243 e. The zero-order chi connectivity index (χ0) is 25.3. The summed E-state index contributed by atoms with van der Waals surface area (Å²) in [6, 6.07) is 25.1. The van der Waals surface area contributed by atoms with Crippen LogP contribution in [-0.4, -0.2) is 34.0 Å². The minimum Gasteiger partial charge on any atom is -0.350 e. The van der Waals surface area contributed by atoms with Crippen molar-refractivity contribution in [3.05, 3.63) is 107 Å². The highest BCUT2D eigenvalue weighted by Crippen LogP contribution is 2.19. The van der Waals surface area contributed by atoms with E-state index in [0.29, 0.717) is 12.2 Å². The number of benzene rings is 3. The lowest BCUT2D eigenvalue weighted by atomic mass is 10.0. The molecule has 0 heterocycles. The minimum atomic E-state index is -0.702. The van der Waals surface area contributed by atoms with Gasteiger partial charge in [-0.05, 0) is 49.6 Å². The Balaban J connectivity index is 1.86. The first-order valence-electron chi connectivity index (χ1n) is 11.7. The summed E-state index contributed by atoms with van der Waals surface area (Å²) < 4.78 is 13.5. The van der Waals surface area contributed by atoms with Crippen molar-refractivity contribution in [2.75, 3.05) is 5.75 Å². The molecule has 3 aromatic carbocycles. The van der Waals surface area contributed by atoms with Crippen molar-refractivity contribution in [2.24, 2.45) is 0 Å². The van der Waals surface area contributed by atoms with Crippen molar-refractivity contribution in [3.8, 4) is 0 Å². The maximum atomic E-state index is 13.6. The first kappa shape index (κ1) is 26.5. The largest absolute Gasteiger partial charge is 0.350 e. The van der Waals surface area contributed by atoms with E-state index in [9.17, 15) is 14.0 Å². The Hall–Kier alpha value is -3.12. The number of halogens is 1. The van der Waals surface area contributed by atoms with Crippen LogP contribution in [0.3, 0.4) is 0 Å². The molecule has 0 spiro atoms. The first-order chi connectivity index (χ1) is 16.7. The monoisotopic (exact) mass is 492 g/mol. The highest BCUT2D eigenvalue weighted by molar-refractivity contribution is 7.99. The Morgan fingerprint density at radius 2 is 1.43 bits per heavy atom. The van der Waals surface area contributed by atoms with Gasteiger partial charge in [-0.1, -0.05) is 72.8 Å². The van der Waals surface area contributed by atoms with Crippen LogP contribution in [0.4, 0.5) is 4.39 Å². The number of hydrogen-bond acceptors (Lipinski definition) is 3. The van der Waals surface area contributed by atoms with Gasteiger partial charge in [0, 0.05) is 24.3 Å². The summed E-state index contributed by atoms with van der Waals surface area (Å²) in [5.74, 6) is 0.278. The second kappa shape index (κ2) is 12.5. The third kappa shape index (κ3) is 8.87. The van der Waals surface area contributed by atoms with Gasteiger partial charge < -0.3 is 10.2 Å². The zero-order valence-corrected chi connectivity index (χ0v) is 21.4. The number of carbonyl (C=O) groups is 2. The maximum absolute atomic E-state index is 13.6. The molecule has 1 atom stereocenters. The van der Waals surface area contributed by atoms with Gasteiger partial charge in [-0.15, -0.1) is 11.8 Å². The van der Waals surface area contributed by atoms with Crippen LogP contribution in [0, 0.1) is 5.82 Å². The molecule has 0 aliphatic carbocycles. The molecule has 1 N–H and O–H groups in total.